The second-order valence-electron chi connectivity index (χ2n) is 4.96. The molecule has 2 rings (SSSR count). The molecule has 1 saturated carbocycles. The number of amides is 1. The predicted molar refractivity (Wildman–Crippen MR) is 79.1 cm³/mol. The summed E-state index contributed by atoms with van der Waals surface area (Å²) in [7, 11) is -3.42. The lowest BCUT2D eigenvalue weighted by molar-refractivity contribution is -0.125. The molecule has 0 spiro atoms. The Bertz CT molecular complexity index is 520. The number of hydrogen-bond donors (Lipinski definition) is 2. The minimum atomic E-state index is -3.42. The van der Waals surface area contributed by atoms with E-state index >= 15 is 0 Å². The van der Waals surface area contributed by atoms with Crippen molar-refractivity contribution >= 4 is 27.3 Å². The van der Waals surface area contributed by atoms with Crippen LogP contribution in [0.1, 0.15) is 32.1 Å². The van der Waals surface area contributed by atoms with E-state index in [9.17, 15) is 13.2 Å². The normalized spacial score (nSPS) is 17.0. The van der Waals surface area contributed by atoms with Crippen molar-refractivity contribution in [2.45, 2.75) is 36.3 Å². The number of hydrogen-bond acceptors (Lipinski definition) is 4. The summed E-state index contributed by atoms with van der Waals surface area (Å²) in [5.74, 6) is 0.165. The van der Waals surface area contributed by atoms with Gasteiger partial charge in [0.15, 0.2) is 0 Å². The minimum absolute atomic E-state index is 0.0556. The van der Waals surface area contributed by atoms with Gasteiger partial charge in [0.1, 0.15) is 4.21 Å². The highest BCUT2D eigenvalue weighted by Gasteiger charge is 2.20. The summed E-state index contributed by atoms with van der Waals surface area (Å²) in [5.41, 5.74) is 0. The second-order valence-corrected chi connectivity index (χ2v) is 7.90. The van der Waals surface area contributed by atoms with Crippen LogP contribution in [-0.4, -0.2) is 27.4 Å². The Morgan fingerprint density at radius 2 is 2.00 bits per heavy atom. The van der Waals surface area contributed by atoms with Crippen LogP contribution in [0, 0.1) is 5.92 Å². The number of carbonyl (C=O) groups is 1. The van der Waals surface area contributed by atoms with Crippen molar-refractivity contribution in [3.63, 3.8) is 0 Å². The maximum absolute atomic E-state index is 11.9. The van der Waals surface area contributed by atoms with Gasteiger partial charge in [0, 0.05) is 19.0 Å². The molecule has 1 aromatic heterocycles. The molecule has 7 heteroatoms. The zero-order chi connectivity index (χ0) is 14.4. The summed E-state index contributed by atoms with van der Waals surface area (Å²) in [6, 6.07) is 3.26. The van der Waals surface area contributed by atoms with Crippen LogP contribution >= 0.6 is 11.3 Å². The number of sulfonamides is 1. The molecule has 0 radical (unpaired) electrons. The molecule has 5 nitrogen and oxygen atoms in total. The summed E-state index contributed by atoms with van der Waals surface area (Å²) in [6.45, 7) is 0.554. The fourth-order valence-corrected chi connectivity index (χ4v) is 4.44. The Balaban J connectivity index is 1.70. The molecule has 1 heterocycles. The van der Waals surface area contributed by atoms with Gasteiger partial charge < -0.3 is 5.32 Å². The first-order valence-corrected chi connectivity index (χ1v) is 9.27. The average Bonchev–Trinajstić information content (AvgIpc) is 2.99. The van der Waals surface area contributed by atoms with Gasteiger partial charge in [0.2, 0.25) is 15.9 Å². The third-order valence-electron chi connectivity index (χ3n) is 3.45. The largest absolute Gasteiger partial charge is 0.355 e. The lowest BCUT2D eigenvalue weighted by atomic mass is 9.89. The van der Waals surface area contributed by atoms with Gasteiger partial charge in [-0.2, -0.15) is 0 Å². The van der Waals surface area contributed by atoms with E-state index in [2.05, 4.69) is 10.0 Å². The molecule has 0 unspecified atom stereocenters. The number of rotatable bonds is 6. The van der Waals surface area contributed by atoms with Gasteiger partial charge in [-0.05, 0) is 24.3 Å². The van der Waals surface area contributed by atoms with Crippen LogP contribution < -0.4 is 10.0 Å². The molecule has 0 saturated heterocycles. The van der Waals surface area contributed by atoms with Crippen LogP contribution in [0.15, 0.2) is 21.7 Å². The third kappa shape index (κ3) is 4.29. The van der Waals surface area contributed by atoms with Gasteiger partial charge in [0.25, 0.3) is 0 Å². The first-order chi connectivity index (χ1) is 9.59. The molecule has 1 amide bonds. The molecule has 0 atom stereocenters. The zero-order valence-electron chi connectivity index (χ0n) is 11.3. The SMILES string of the molecule is O=C(NCCNS(=O)(=O)c1cccs1)C1CCCCC1. The van der Waals surface area contributed by atoms with Crippen LogP contribution in [0.5, 0.6) is 0 Å². The number of carbonyl (C=O) groups excluding carboxylic acids is 1. The summed E-state index contributed by atoms with van der Waals surface area (Å²) in [5, 5.41) is 4.53. The molecule has 112 valence electrons. The molecule has 1 aromatic rings. The monoisotopic (exact) mass is 316 g/mol. The van der Waals surface area contributed by atoms with E-state index < -0.39 is 10.0 Å². The topological polar surface area (TPSA) is 75.3 Å². The Hall–Kier alpha value is -0.920. The van der Waals surface area contributed by atoms with Crippen molar-refractivity contribution in [1.29, 1.82) is 0 Å². The molecule has 0 bridgehead atoms. The van der Waals surface area contributed by atoms with E-state index in [1.165, 1.54) is 17.8 Å². The van der Waals surface area contributed by atoms with Gasteiger partial charge in [-0.3, -0.25) is 4.79 Å². The highest BCUT2D eigenvalue weighted by Crippen LogP contribution is 2.23. The minimum Gasteiger partial charge on any atom is -0.355 e. The zero-order valence-corrected chi connectivity index (χ0v) is 12.9. The van der Waals surface area contributed by atoms with Gasteiger partial charge in [0.05, 0.1) is 0 Å². The summed E-state index contributed by atoms with van der Waals surface area (Å²) < 4.78 is 26.4. The van der Waals surface area contributed by atoms with Crippen molar-refractivity contribution in [1.82, 2.24) is 10.0 Å². The van der Waals surface area contributed by atoms with Gasteiger partial charge in [-0.25, -0.2) is 13.1 Å². The Morgan fingerprint density at radius 1 is 1.25 bits per heavy atom. The van der Waals surface area contributed by atoms with Crippen LogP contribution in [-0.2, 0) is 14.8 Å². The molecule has 1 aliphatic carbocycles. The summed E-state index contributed by atoms with van der Waals surface area (Å²) >= 11 is 1.18. The first kappa shape index (κ1) is 15.5. The predicted octanol–water partition coefficient (Wildman–Crippen LogP) is 1.72. The van der Waals surface area contributed by atoms with E-state index in [0.717, 1.165) is 25.7 Å². The fraction of sp³-hybridized carbons (Fsp3) is 0.615. The van der Waals surface area contributed by atoms with Crippen LogP contribution in [0.2, 0.25) is 0 Å². The number of nitrogens with one attached hydrogen (secondary N) is 2. The first-order valence-electron chi connectivity index (χ1n) is 6.90. The van der Waals surface area contributed by atoms with E-state index in [1.54, 1.807) is 17.5 Å². The lowest BCUT2D eigenvalue weighted by Gasteiger charge is -2.20. The Labute approximate surface area is 123 Å². The maximum Gasteiger partial charge on any atom is 0.250 e. The molecular weight excluding hydrogens is 296 g/mol. The lowest BCUT2D eigenvalue weighted by Crippen LogP contribution is -2.38. The molecule has 1 aliphatic rings. The molecule has 20 heavy (non-hydrogen) atoms. The second kappa shape index (κ2) is 7.19. The third-order valence-corrected chi connectivity index (χ3v) is 6.31. The van der Waals surface area contributed by atoms with Crippen LogP contribution in [0.3, 0.4) is 0 Å². The van der Waals surface area contributed by atoms with Gasteiger partial charge in [-0.1, -0.05) is 25.3 Å². The van der Waals surface area contributed by atoms with Crippen molar-refractivity contribution in [3.05, 3.63) is 17.5 Å². The summed E-state index contributed by atoms with van der Waals surface area (Å²) in [4.78, 5) is 11.9. The van der Waals surface area contributed by atoms with E-state index in [4.69, 9.17) is 0 Å². The van der Waals surface area contributed by atoms with Crippen molar-refractivity contribution < 1.29 is 13.2 Å². The summed E-state index contributed by atoms with van der Waals surface area (Å²) in [6.07, 6.45) is 5.34. The molecular formula is C13H20N2O3S2. The van der Waals surface area contributed by atoms with E-state index in [0.29, 0.717) is 10.8 Å². The molecule has 1 fully saturated rings. The Morgan fingerprint density at radius 3 is 2.65 bits per heavy atom. The smallest absolute Gasteiger partial charge is 0.250 e. The molecule has 0 aromatic carbocycles. The maximum atomic E-state index is 11.9. The number of thiophene rings is 1. The van der Waals surface area contributed by atoms with Crippen LogP contribution in [0.4, 0.5) is 0 Å². The molecule has 2 N–H and O–H groups in total. The van der Waals surface area contributed by atoms with Crippen molar-refractivity contribution in [2.24, 2.45) is 5.92 Å². The van der Waals surface area contributed by atoms with Crippen LogP contribution in [0.25, 0.3) is 0 Å². The fourth-order valence-electron chi connectivity index (χ4n) is 2.37. The standard InChI is InChI=1S/C13H20N2O3S2/c16-13(11-5-2-1-3-6-11)14-8-9-15-20(17,18)12-7-4-10-19-12/h4,7,10-11,15H,1-3,5-6,8-9H2,(H,14,16). The highest BCUT2D eigenvalue weighted by molar-refractivity contribution is 7.91. The average molecular weight is 316 g/mol. The Kier molecular flexibility index (Phi) is 5.56. The van der Waals surface area contributed by atoms with E-state index in [1.807, 2.05) is 0 Å². The van der Waals surface area contributed by atoms with Gasteiger partial charge in [-0.15, -0.1) is 11.3 Å². The quantitative estimate of drug-likeness (QED) is 0.785. The molecule has 0 aliphatic heterocycles. The van der Waals surface area contributed by atoms with Gasteiger partial charge >= 0.3 is 0 Å². The highest BCUT2D eigenvalue weighted by atomic mass is 32.2. The van der Waals surface area contributed by atoms with Crippen molar-refractivity contribution in [2.75, 3.05) is 13.1 Å². The van der Waals surface area contributed by atoms with E-state index in [-0.39, 0.29) is 18.4 Å². The van der Waals surface area contributed by atoms with Crippen molar-refractivity contribution in [3.8, 4) is 0 Å².